The van der Waals surface area contributed by atoms with Crippen LogP contribution < -0.4 is 4.74 Å². The molecule has 1 N–H and O–H groups in total. The zero-order valence-corrected chi connectivity index (χ0v) is 12.6. The molecule has 1 unspecified atom stereocenters. The molecule has 0 aliphatic carbocycles. The number of aliphatic hydroxyl groups is 1. The van der Waals surface area contributed by atoms with Crippen molar-refractivity contribution in [3.63, 3.8) is 0 Å². The summed E-state index contributed by atoms with van der Waals surface area (Å²) in [6.45, 7) is 0. The van der Waals surface area contributed by atoms with Gasteiger partial charge in [0.2, 0.25) is 0 Å². The Morgan fingerprint density at radius 1 is 1.17 bits per heavy atom. The van der Waals surface area contributed by atoms with Gasteiger partial charge in [-0.05, 0) is 58.0 Å². The van der Waals surface area contributed by atoms with Crippen LogP contribution in [-0.2, 0) is 0 Å². The molecule has 0 aliphatic heterocycles. The maximum Gasteiger partial charge on any atom is 0.137 e. The predicted molar refractivity (Wildman–Crippen MR) is 81.2 cm³/mol. The van der Waals surface area contributed by atoms with Crippen LogP contribution in [0.25, 0.3) is 0 Å². The van der Waals surface area contributed by atoms with Crippen LogP contribution >= 0.6 is 34.2 Å². The Balaban J connectivity index is 2.34. The zero-order chi connectivity index (χ0) is 13.1. The number of aliphatic hydroxyl groups excluding tert-OH is 1. The number of hydrogen-bond donors (Lipinski definition) is 1. The maximum atomic E-state index is 10.3. The summed E-state index contributed by atoms with van der Waals surface area (Å²) < 4.78 is 6.18. The van der Waals surface area contributed by atoms with Crippen molar-refractivity contribution < 1.29 is 9.84 Å². The van der Waals surface area contributed by atoms with Gasteiger partial charge >= 0.3 is 0 Å². The molecule has 94 valence electrons. The summed E-state index contributed by atoms with van der Waals surface area (Å²) in [4.78, 5) is 0. The quantitative estimate of drug-likeness (QED) is 0.822. The van der Waals surface area contributed by atoms with E-state index in [9.17, 15) is 5.11 Å². The molecule has 0 amide bonds. The van der Waals surface area contributed by atoms with E-state index in [0.717, 1.165) is 14.7 Å². The summed E-state index contributed by atoms with van der Waals surface area (Å²) in [5, 5.41) is 10.8. The van der Waals surface area contributed by atoms with Crippen molar-refractivity contribution in [2.24, 2.45) is 0 Å². The first kappa shape index (κ1) is 13.6. The van der Waals surface area contributed by atoms with E-state index in [1.807, 2.05) is 30.3 Å². The molecule has 0 fully saturated rings. The summed E-state index contributed by atoms with van der Waals surface area (Å²) in [5.74, 6) is 0.607. The van der Waals surface area contributed by atoms with Crippen molar-refractivity contribution in [1.82, 2.24) is 0 Å². The van der Waals surface area contributed by atoms with Crippen LogP contribution in [0.5, 0.6) is 5.75 Å². The Morgan fingerprint density at radius 2 is 1.89 bits per heavy atom. The van der Waals surface area contributed by atoms with E-state index in [2.05, 4.69) is 22.6 Å². The van der Waals surface area contributed by atoms with Crippen LogP contribution in [0.3, 0.4) is 0 Å². The average molecular weight is 375 g/mol. The molecule has 4 heteroatoms. The lowest BCUT2D eigenvalue weighted by Crippen LogP contribution is -2.00. The summed E-state index contributed by atoms with van der Waals surface area (Å²) >= 11 is 8.27. The third kappa shape index (κ3) is 2.96. The van der Waals surface area contributed by atoms with Gasteiger partial charge in [0.1, 0.15) is 11.9 Å². The molecular formula is C14H12ClIO2. The molecule has 0 spiro atoms. The highest BCUT2D eigenvalue weighted by atomic mass is 127. The molecule has 18 heavy (non-hydrogen) atoms. The fraction of sp³-hybridized carbons (Fsp3) is 0.143. The van der Waals surface area contributed by atoms with E-state index in [0.29, 0.717) is 10.8 Å². The molecule has 2 rings (SSSR count). The molecule has 0 aromatic heterocycles. The molecule has 2 aromatic rings. The van der Waals surface area contributed by atoms with Crippen LogP contribution in [-0.4, -0.2) is 12.2 Å². The molecule has 2 nitrogen and oxygen atoms in total. The van der Waals surface area contributed by atoms with E-state index in [1.54, 1.807) is 19.2 Å². The number of methoxy groups -OCH3 is 1. The Kier molecular flexibility index (Phi) is 4.48. The molecule has 0 bridgehead atoms. The van der Waals surface area contributed by atoms with E-state index in [-0.39, 0.29) is 0 Å². The van der Waals surface area contributed by atoms with E-state index in [4.69, 9.17) is 16.3 Å². The van der Waals surface area contributed by atoms with Gasteiger partial charge in [-0.2, -0.15) is 0 Å². The van der Waals surface area contributed by atoms with Gasteiger partial charge in [0.25, 0.3) is 0 Å². The van der Waals surface area contributed by atoms with Gasteiger partial charge in [-0.15, -0.1) is 0 Å². The van der Waals surface area contributed by atoms with E-state index in [1.165, 1.54) is 0 Å². The normalized spacial score (nSPS) is 12.2. The van der Waals surface area contributed by atoms with E-state index < -0.39 is 6.10 Å². The van der Waals surface area contributed by atoms with Crippen LogP contribution in [0.2, 0.25) is 5.02 Å². The number of ether oxygens (including phenoxy) is 1. The zero-order valence-electron chi connectivity index (χ0n) is 9.73. The first-order valence-electron chi connectivity index (χ1n) is 5.39. The number of rotatable bonds is 3. The first-order valence-corrected chi connectivity index (χ1v) is 6.84. The molecule has 0 aliphatic rings. The van der Waals surface area contributed by atoms with Crippen LogP contribution in [0, 0.1) is 3.57 Å². The Morgan fingerprint density at radius 3 is 2.50 bits per heavy atom. The summed E-state index contributed by atoms with van der Waals surface area (Å²) in [6.07, 6.45) is -0.678. The Labute approximate surface area is 125 Å². The fourth-order valence-electron chi connectivity index (χ4n) is 1.72. The minimum absolute atomic E-state index is 0.500. The average Bonchev–Trinajstić information content (AvgIpc) is 2.37. The standard InChI is InChI=1S/C14H12ClIO2/c1-18-13-6-5-10(8-12(13)15)14(17)9-3-2-4-11(16)7-9/h2-8,14,17H,1H3. The second-order valence-electron chi connectivity index (χ2n) is 3.85. The van der Waals surface area contributed by atoms with Crippen molar-refractivity contribution in [3.05, 3.63) is 62.2 Å². The minimum atomic E-state index is -0.678. The number of benzene rings is 2. The highest BCUT2D eigenvalue weighted by molar-refractivity contribution is 14.1. The lowest BCUT2D eigenvalue weighted by atomic mass is 10.0. The Hall–Kier alpha value is -0.780. The summed E-state index contributed by atoms with van der Waals surface area (Å²) in [6, 6.07) is 13.0. The van der Waals surface area contributed by atoms with Crippen LogP contribution in [0.4, 0.5) is 0 Å². The molecule has 2 aromatic carbocycles. The van der Waals surface area contributed by atoms with Gasteiger partial charge in [0, 0.05) is 3.57 Å². The van der Waals surface area contributed by atoms with E-state index >= 15 is 0 Å². The topological polar surface area (TPSA) is 29.5 Å². The molecule has 0 saturated heterocycles. The fourth-order valence-corrected chi connectivity index (χ4v) is 2.56. The lowest BCUT2D eigenvalue weighted by molar-refractivity contribution is 0.220. The molecule has 0 heterocycles. The predicted octanol–water partition coefficient (Wildman–Crippen LogP) is 4.03. The SMILES string of the molecule is COc1ccc(C(O)c2cccc(I)c2)cc1Cl. The van der Waals surface area contributed by atoms with Crippen molar-refractivity contribution in [2.75, 3.05) is 7.11 Å². The molecular weight excluding hydrogens is 363 g/mol. The highest BCUT2D eigenvalue weighted by Crippen LogP contribution is 2.30. The van der Waals surface area contributed by atoms with Crippen molar-refractivity contribution in [3.8, 4) is 5.75 Å². The molecule has 0 radical (unpaired) electrons. The van der Waals surface area contributed by atoms with Gasteiger partial charge in [-0.3, -0.25) is 0 Å². The molecule has 0 saturated carbocycles. The smallest absolute Gasteiger partial charge is 0.137 e. The second kappa shape index (κ2) is 5.91. The lowest BCUT2D eigenvalue weighted by Gasteiger charge is -2.13. The second-order valence-corrected chi connectivity index (χ2v) is 5.50. The van der Waals surface area contributed by atoms with Crippen molar-refractivity contribution >= 4 is 34.2 Å². The maximum absolute atomic E-state index is 10.3. The van der Waals surface area contributed by atoms with Gasteiger partial charge in [0.05, 0.1) is 12.1 Å². The van der Waals surface area contributed by atoms with Crippen molar-refractivity contribution in [2.45, 2.75) is 6.10 Å². The largest absolute Gasteiger partial charge is 0.495 e. The third-order valence-electron chi connectivity index (χ3n) is 2.66. The number of halogens is 2. The number of hydrogen-bond acceptors (Lipinski definition) is 2. The monoisotopic (exact) mass is 374 g/mol. The van der Waals surface area contributed by atoms with Gasteiger partial charge in [0.15, 0.2) is 0 Å². The summed E-state index contributed by atoms with van der Waals surface area (Å²) in [7, 11) is 1.57. The van der Waals surface area contributed by atoms with Gasteiger partial charge in [-0.1, -0.05) is 29.8 Å². The van der Waals surface area contributed by atoms with Crippen molar-refractivity contribution in [1.29, 1.82) is 0 Å². The first-order chi connectivity index (χ1) is 8.61. The minimum Gasteiger partial charge on any atom is -0.495 e. The van der Waals surface area contributed by atoms with Gasteiger partial charge in [-0.25, -0.2) is 0 Å². The van der Waals surface area contributed by atoms with Crippen LogP contribution in [0.15, 0.2) is 42.5 Å². The van der Waals surface area contributed by atoms with Gasteiger partial charge < -0.3 is 9.84 Å². The highest BCUT2D eigenvalue weighted by Gasteiger charge is 2.12. The van der Waals surface area contributed by atoms with Crippen LogP contribution in [0.1, 0.15) is 17.2 Å². The summed E-state index contributed by atoms with van der Waals surface area (Å²) in [5.41, 5.74) is 1.60. The third-order valence-corrected chi connectivity index (χ3v) is 3.62. The Bertz CT molecular complexity index is 557. The molecule has 1 atom stereocenters.